The Bertz CT molecular complexity index is 550. The quantitative estimate of drug-likeness (QED) is 0.207. The normalized spacial score (nSPS) is 14.7. The molecule has 0 saturated carbocycles. The van der Waals surface area contributed by atoms with Gasteiger partial charge in [0.05, 0.1) is 37.4 Å². The molecule has 0 bridgehead atoms. The molecule has 0 saturated heterocycles. The highest BCUT2D eigenvalue weighted by molar-refractivity contribution is 8.84. The van der Waals surface area contributed by atoms with E-state index in [1.807, 2.05) is 0 Å². The van der Waals surface area contributed by atoms with Gasteiger partial charge in [-0.25, -0.2) is 9.13 Å². The summed E-state index contributed by atoms with van der Waals surface area (Å²) in [6.45, 7) is 18.5. The highest BCUT2D eigenvalue weighted by atomic mass is 33.1. The zero-order valence-corrected chi connectivity index (χ0v) is 26.0. The Balaban J connectivity index is 5.53. The summed E-state index contributed by atoms with van der Waals surface area (Å²) in [5, 5.41) is 0. The largest absolute Gasteiger partial charge is 0.400 e. The van der Waals surface area contributed by atoms with Crippen LogP contribution in [0.15, 0.2) is 0 Å². The first-order chi connectivity index (χ1) is 14.5. The molecule has 0 amide bonds. The topological polar surface area (TPSA) is 71.1 Å². The Morgan fingerprint density at radius 2 is 0.636 bits per heavy atom. The maximum Gasteiger partial charge on any atom is 0.400 e. The van der Waals surface area contributed by atoms with Crippen LogP contribution in [-0.4, -0.2) is 26.4 Å². The van der Waals surface area contributed by atoms with Crippen LogP contribution in [0.1, 0.15) is 109 Å². The molecule has 0 N–H and O–H groups in total. The van der Waals surface area contributed by atoms with Gasteiger partial charge in [0.2, 0.25) is 0 Å². The molecule has 0 spiro atoms. The first-order valence-corrected chi connectivity index (χ1v) is 17.1. The van der Waals surface area contributed by atoms with E-state index in [0.717, 1.165) is 0 Å². The molecule has 0 fully saturated rings. The average Bonchev–Trinajstić information content (AvgIpc) is 2.49. The molecule has 0 aliphatic rings. The molecular formula is C24H52O6P2S. The van der Waals surface area contributed by atoms with Crippen LogP contribution in [0.5, 0.6) is 0 Å². The summed E-state index contributed by atoms with van der Waals surface area (Å²) in [5.74, 6) is 0. The van der Waals surface area contributed by atoms with Crippen molar-refractivity contribution in [2.45, 2.75) is 109 Å². The highest BCUT2D eigenvalue weighted by Crippen LogP contribution is 2.79. The van der Waals surface area contributed by atoms with Crippen molar-refractivity contribution >= 4 is 24.6 Å². The number of rotatable bonds is 14. The molecule has 0 rings (SSSR count). The molecule has 9 heteroatoms. The molecule has 0 unspecified atom stereocenters. The van der Waals surface area contributed by atoms with Crippen molar-refractivity contribution in [3.05, 3.63) is 0 Å². The summed E-state index contributed by atoms with van der Waals surface area (Å²) in [4.78, 5) is 0. The minimum atomic E-state index is -3.77. The first kappa shape index (κ1) is 33.7. The van der Waals surface area contributed by atoms with Crippen molar-refractivity contribution in [1.82, 2.24) is 0 Å². The van der Waals surface area contributed by atoms with Crippen LogP contribution in [0.3, 0.4) is 0 Å². The van der Waals surface area contributed by atoms with Gasteiger partial charge in [-0.05, 0) is 47.3 Å². The predicted molar refractivity (Wildman–Crippen MR) is 143 cm³/mol. The lowest BCUT2D eigenvalue weighted by Gasteiger charge is -2.27. The fourth-order valence-corrected chi connectivity index (χ4v) is 10.1. The van der Waals surface area contributed by atoms with E-state index in [0.29, 0.717) is 36.7 Å². The van der Waals surface area contributed by atoms with Gasteiger partial charge in [-0.3, -0.25) is 0 Å². The molecule has 0 aliphatic carbocycles. The molecular weight excluding hydrogens is 478 g/mol. The molecule has 0 heterocycles. The predicted octanol–water partition coefficient (Wildman–Crippen LogP) is 9.75. The molecule has 33 heavy (non-hydrogen) atoms. The van der Waals surface area contributed by atoms with Crippen LogP contribution in [0.4, 0.5) is 0 Å². The molecule has 0 aromatic carbocycles. The molecule has 0 aliphatic heterocycles. The van der Waals surface area contributed by atoms with Gasteiger partial charge in [0.1, 0.15) is 0 Å². The molecule has 0 aromatic heterocycles. The molecule has 6 nitrogen and oxygen atoms in total. The van der Waals surface area contributed by atoms with Crippen molar-refractivity contribution in [1.29, 1.82) is 0 Å². The Morgan fingerprint density at radius 1 is 0.455 bits per heavy atom. The van der Waals surface area contributed by atoms with E-state index in [1.165, 1.54) is 0 Å². The average molecular weight is 531 g/mol. The van der Waals surface area contributed by atoms with Crippen LogP contribution in [-0.2, 0) is 27.2 Å². The minimum absolute atomic E-state index is 0.0109. The van der Waals surface area contributed by atoms with E-state index in [1.54, 1.807) is 0 Å². The van der Waals surface area contributed by atoms with Crippen molar-refractivity contribution in [3.63, 3.8) is 0 Å². The van der Waals surface area contributed by atoms with E-state index in [4.69, 9.17) is 18.1 Å². The van der Waals surface area contributed by atoms with Crippen molar-refractivity contribution in [2.75, 3.05) is 26.4 Å². The standard InChI is InChI=1S/C24H52O6P2S/c1-21(2,3)13-17-27-31(25,28-18-14-22(4,5)6)33-32(26,29-19-15-23(7,8)9)30-20-16-24(10,11)12/h13-20H2,1-12H3. The maximum absolute atomic E-state index is 13.7. The van der Waals surface area contributed by atoms with Gasteiger partial charge in [0.15, 0.2) is 0 Å². The van der Waals surface area contributed by atoms with E-state index in [2.05, 4.69) is 83.1 Å². The lowest BCUT2D eigenvalue weighted by molar-refractivity contribution is 0.174. The third-order valence-corrected chi connectivity index (χ3v) is 13.1. The number of hydrogen-bond acceptors (Lipinski definition) is 7. The Morgan fingerprint density at radius 3 is 0.788 bits per heavy atom. The van der Waals surface area contributed by atoms with Gasteiger partial charge in [-0.15, -0.1) is 0 Å². The van der Waals surface area contributed by atoms with Crippen molar-refractivity contribution < 1.29 is 27.2 Å². The summed E-state index contributed by atoms with van der Waals surface area (Å²) in [5.41, 5.74) is 0.0437. The highest BCUT2D eigenvalue weighted by Gasteiger charge is 2.41. The van der Waals surface area contributed by atoms with E-state index in [9.17, 15) is 9.13 Å². The second-order valence-electron chi connectivity index (χ2n) is 13.6. The third-order valence-electron chi connectivity index (χ3n) is 4.61. The van der Waals surface area contributed by atoms with E-state index in [-0.39, 0.29) is 48.1 Å². The summed E-state index contributed by atoms with van der Waals surface area (Å²) in [6, 6.07) is 0. The lowest BCUT2D eigenvalue weighted by atomic mass is 9.93. The Hall–Kier alpha value is 0.650. The smallest absolute Gasteiger partial charge is 0.300 e. The van der Waals surface area contributed by atoms with Crippen LogP contribution in [0.2, 0.25) is 0 Å². The summed E-state index contributed by atoms with van der Waals surface area (Å²) >= 11 is 0.619. The van der Waals surface area contributed by atoms with Crippen LogP contribution in [0.25, 0.3) is 0 Å². The second-order valence-corrected chi connectivity index (χ2v) is 21.2. The Kier molecular flexibility index (Phi) is 13.5. The monoisotopic (exact) mass is 530 g/mol. The molecule has 0 aromatic rings. The SMILES string of the molecule is CC(C)(C)CCOP(=O)(OCCC(C)(C)C)SP(=O)(OCCC(C)(C)C)OCCC(C)(C)C. The Labute approximate surface area is 208 Å². The summed E-state index contributed by atoms with van der Waals surface area (Å²) in [7, 11) is 0. The van der Waals surface area contributed by atoms with Crippen molar-refractivity contribution in [2.24, 2.45) is 21.7 Å². The lowest BCUT2D eigenvalue weighted by Crippen LogP contribution is -2.12. The van der Waals surface area contributed by atoms with Gasteiger partial charge >= 0.3 is 13.6 Å². The van der Waals surface area contributed by atoms with Gasteiger partial charge in [-0.1, -0.05) is 83.1 Å². The van der Waals surface area contributed by atoms with Gasteiger partial charge in [0, 0.05) is 0 Å². The van der Waals surface area contributed by atoms with Gasteiger partial charge < -0.3 is 18.1 Å². The zero-order chi connectivity index (χ0) is 26.2. The summed E-state index contributed by atoms with van der Waals surface area (Å²) < 4.78 is 50.5. The fourth-order valence-electron chi connectivity index (χ4n) is 2.15. The minimum Gasteiger partial charge on any atom is -0.300 e. The third kappa shape index (κ3) is 20.5. The van der Waals surface area contributed by atoms with Gasteiger partial charge in [-0.2, -0.15) is 0 Å². The molecule has 200 valence electrons. The second kappa shape index (κ2) is 13.3. The molecule has 0 radical (unpaired) electrons. The van der Waals surface area contributed by atoms with Crippen LogP contribution in [0, 0.1) is 21.7 Å². The molecule has 0 atom stereocenters. The van der Waals surface area contributed by atoms with Crippen molar-refractivity contribution in [3.8, 4) is 0 Å². The first-order valence-electron chi connectivity index (χ1n) is 12.0. The zero-order valence-electron chi connectivity index (χ0n) is 23.4. The van der Waals surface area contributed by atoms with Crippen LogP contribution >= 0.6 is 24.6 Å². The summed E-state index contributed by atoms with van der Waals surface area (Å²) in [6.07, 6.45) is 2.78. The van der Waals surface area contributed by atoms with E-state index >= 15 is 0 Å². The maximum atomic E-state index is 13.7. The fraction of sp³-hybridized carbons (Fsp3) is 1.00. The number of hydrogen-bond donors (Lipinski definition) is 0. The van der Waals surface area contributed by atoms with Gasteiger partial charge in [0.25, 0.3) is 0 Å². The van der Waals surface area contributed by atoms with E-state index < -0.39 is 13.6 Å². The van der Waals surface area contributed by atoms with Crippen LogP contribution < -0.4 is 0 Å².